The predicted octanol–water partition coefficient (Wildman–Crippen LogP) is 2.51. The molecule has 0 aliphatic carbocycles. The van der Waals surface area contributed by atoms with Gasteiger partial charge in [0.2, 0.25) is 10.0 Å². The summed E-state index contributed by atoms with van der Waals surface area (Å²) in [5, 5.41) is 7.40. The summed E-state index contributed by atoms with van der Waals surface area (Å²) in [6, 6.07) is 14.8. The number of hydrogen-bond acceptors (Lipinski definition) is 6. The van der Waals surface area contributed by atoms with E-state index < -0.39 is 10.0 Å². The van der Waals surface area contributed by atoms with Gasteiger partial charge in [0.15, 0.2) is 0 Å². The van der Waals surface area contributed by atoms with E-state index in [4.69, 9.17) is 9.47 Å². The summed E-state index contributed by atoms with van der Waals surface area (Å²) in [4.78, 5) is 12.8. The van der Waals surface area contributed by atoms with Gasteiger partial charge >= 0.3 is 0 Å². The van der Waals surface area contributed by atoms with E-state index in [0.29, 0.717) is 56.3 Å². The Bertz CT molecular complexity index is 1300. The van der Waals surface area contributed by atoms with Crippen LogP contribution in [-0.2, 0) is 27.8 Å². The average molecular weight is 499 g/mol. The molecule has 0 radical (unpaired) electrons. The first-order valence-corrected chi connectivity index (χ1v) is 12.9. The van der Waals surface area contributed by atoms with E-state index in [1.165, 1.54) is 4.31 Å². The van der Waals surface area contributed by atoms with Crippen molar-refractivity contribution in [2.45, 2.75) is 31.8 Å². The minimum atomic E-state index is -3.64. The Morgan fingerprint density at radius 1 is 1.09 bits per heavy atom. The van der Waals surface area contributed by atoms with Gasteiger partial charge in [-0.25, -0.2) is 8.42 Å². The molecule has 186 valence electrons. The third-order valence-corrected chi connectivity index (χ3v) is 8.17. The highest BCUT2D eigenvalue weighted by molar-refractivity contribution is 7.89. The van der Waals surface area contributed by atoms with Crippen LogP contribution in [0, 0.1) is 13.8 Å². The molecule has 35 heavy (non-hydrogen) atoms. The van der Waals surface area contributed by atoms with Crippen molar-refractivity contribution in [2.75, 3.05) is 33.4 Å². The fourth-order valence-electron chi connectivity index (χ4n) is 4.13. The normalized spacial score (nSPS) is 14.6. The smallest absolute Gasteiger partial charge is 0.251 e. The van der Waals surface area contributed by atoms with Crippen molar-refractivity contribution in [3.05, 3.63) is 76.6 Å². The number of benzene rings is 2. The number of methoxy groups -OCH3 is 1. The number of nitrogens with one attached hydrogen (secondary N) is 1. The lowest BCUT2D eigenvalue weighted by atomic mass is 10.1. The third-order valence-electron chi connectivity index (χ3n) is 6.02. The highest BCUT2D eigenvalue weighted by Crippen LogP contribution is 2.25. The number of ether oxygens (including phenoxy) is 2. The summed E-state index contributed by atoms with van der Waals surface area (Å²) in [5.74, 6) is 0.565. The summed E-state index contributed by atoms with van der Waals surface area (Å²) >= 11 is 0. The number of aromatic nitrogens is 2. The molecule has 0 unspecified atom stereocenters. The van der Waals surface area contributed by atoms with Crippen molar-refractivity contribution in [2.24, 2.45) is 0 Å². The Morgan fingerprint density at radius 3 is 2.49 bits per heavy atom. The Balaban J connectivity index is 1.43. The van der Waals surface area contributed by atoms with Crippen LogP contribution in [0.3, 0.4) is 0 Å². The second-order valence-corrected chi connectivity index (χ2v) is 10.3. The number of carbonyl (C=O) groups excluding carboxylic acids is 1. The highest BCUT2D eigenvalue weighted by atomic mass is 32.2. The minimum Gasteiger partial charge on any atom is -0.497 e. The van der Waals surface area contributed by atoms with E-state index in [0.717, 1.165) is 16.9 Å². The maximum absolute atomic E-state index is 13.2. The Labute approximate surface area is 205 Å². The number of morpholine rings is 1. The van der Waals surface area contributed by atoms with Crippen LogP contribution in [0.1, 0.15) is 32.9 Å². The lowest BCUT2D eigenvalue weighted by Crippen LogP contribution is -2.41. The van der Waals surface area contributed by atoms with Gasteiger partial charge < -0.3 is 14.8 Å². The molecule has 0 bridgehead atoms. The lowest BCUT2D eigenvalue weighted by Gasteiger charge is -2.26. The number of carbonyl (C=O) groups is 1. The molecule has 1 aromatic heterocycles. The van der Waals surface area contributed by atoms with Gasteiger partial charge in [-0.2, -0.15) is 9.40 Å². The second kappa shape index (κ2) is 10.6. The van der Waals surface area contributed by atoms with Gasteiger partial charge in [-0.15, -0.1) is 0 Å². The van der Waals surface area contributed by atoms with Gasteiger partial charge in [-0.05, 0) is 49.2 Å². The van der Waals surface area contributed by atoms with Crippen LogP contribution in [0.25, 0.3) is 0 Å². The lowest BCUT2D eigenvalue weighted by molar-refractivity contribution is 0.0730. The van der Waals surface area contributed by atoms with E-state index in [2.05, 4.69) is 10.4 Å². The first kappa shape index (κ1) is 24.9. The number of rotatable bonds is 8. The maximum Gasteiger partial charge on any atom is 0.251 e. The van der Waals surface area contributed by atoms with Gasteiger partial charge in [0.05, 0.1) is 38.3 Å². The molecule has 10 heteroatoms. The monoisotopic (exact) mass is 498 g/mol. The number of hydrogen-bond donors (Lipinski definition) is 1. The molecular formula is C25H30N4O5S. The minimum absolute atomic E-state index is 0.177. The molecule has 2 aromatic carbocycles. The standard InChI is InChI=1S/C25H30N4O5S/c1-18-24(35(31,32)28-11-13-34-14-12-28)19(2)29(27-18)17-20-7-9-22(10-8-20)25(30)26-16-21-5-4-6-23(15-21)33-3/h4-10,15H,11-14,16-17H2,1-3H3,(H,26,30). The average Bonchev–Trinajstić information content (AvgIpc) is 3.16. The topological polar surface area (TPSA) is 103 Å². The molecule has 3 aromatic rings. The molecule has 4 rings (SSSR count). The second-order valence-electron chi connectivity index (χ2n) is 8.41. The van der Waals surface area contributed by atoms with E-state index in [9.17, 15) is 13.2 Å². The summed E-state index contributed by atoms with van der Waals surface area (Å²) in [6.45, 7) is 5.75. The van der Waals surface area contributed by atoms with Crippen molar-refractivity contribution in [1.29, 1.82) is 0 Å². The summed E-state index contributed by atoms with van der Waals surface area (Å²) < 4.78 is 40.0. The summed E-state index contributed by atoms with van der Waals surface area (Å²) in [6.07, 6.45) is 0. The number of nitrogens with zero attached hydrogens (tertiary/aromatic N) is 3. The third kappa shape index (κ3) is 5.55. The molecular weight excluding hydrogens is 468 g/mol. The summed E-state index contributed by atoms with van der Waals surface area (Å²) in [7, 11) is -2.03. The van der Waals surface area contributed by atoms with Crippen LogP contribution in [0.15, 0.2) is 53.4 Å². The van der Waals surface area contributed by atoms with Crippen molar-refractivity contribution < 1.29 is 22.7 Å². The van der Waals surface area contributed by atoms with Gasteiger partial charge in [0.1, 0.15) is 10.6 Å². The zero-order valence-corrected chi connectivity index (χ0v) is 21.0. The van der Waals surface area contributed by atoms with Crippen LogP contribution >= 0.6 is 0 Å². The molecule has 2 heterocycles. The zero-order chi connectivity index (χ0) is 25.0. The largest absolute Gasteiger partial charge is 0.497 e. The van der Waals surface area contributed by atoms with Gasteiger partial charge in [-0.3, -0.25) is 9.48 Å². The first-order chi connectivity index (χ1) is 16.8. The Kier molecular flexibility index (Phi) is 7.54. The maximum atomic E-state index is 13.2. The van der Waals surface area contributed by atoms with Crippen LogP contribution in [0.2, 0.25) is 0 Å². The fraction of sp³-hybridized carbons (Fsp3) is 0.360. The van der Waals surface area contributed by atoms with E-state index >= 15 is 0 Å². The van der Waals surface area contributed by atoms with Crippen LogP contribution in [0.4, 0.5) is 0 Å². The molecule has 1 aliphatic rings. The quantitative estimate of drug-likeness (QED) is 0.512. The molecule has 1 amide bonds. The zero-order valence-electron chi connectivity index (χ0n) is 20.2. The number of amides is 1. The molecule has 1 N–H and O–H groups in total. The van der Waals surface area contributed by atoms with E-state index in [1.54, 1.807) is 37.8 Å². The van der Waals surface area contributed by atoms with E-state index in [1.807, 2.05) is 36.4 Å². The Morgan fingerprint density at radius 2 is 1.80 bits per heavy atom. The molecule has 0 spiro atoms. The molecule has 1 saturated heterocycles. The van der Waals surface area contributed by atoms with Crippen molar-refractivity contribution in [1.82, 2.24) is 19.4 Å². The predicted molar refractivity (Wildman–Crippen MR) is 131 cm³/mol. The highest BCUT2D eigenvalue weighted by Gasteiger charge is 2.32. The van der Waals surface area contributed by atoms with Gasteiger partial charge in [0.25, 0.3) is 5.91 Å². The van der Waals surface area contributed by atoms with Crippen molar-refractivity contribution in [3.8, 4) is 5.75 Å². The molecule has 1 fully saturated rings. The Hall–Kier alpha value is -3.21. The van der Waals surface area contributed by atoms with Crippen LogP contribution < -0.4 is 10.1 Å². The van der Waals surface area contributed by atoms with Crippen LogP contribution in [0.5, 0.6) is 5.75 Å². The van der Waals surface area contributed by atoms with Crippen molar-refractivity contribution >= 4 is 15.9 Å². The van der Waals surface area contributed by atoms with E-state index in [-0.39, 0.29) is 10.8 Å². The molecule has 0 atom stereocenters. The number of sulfonamides is 1. The van der Waals surface area contributed by atoms with Crippen LogP contribution in [-0.4, -0.2) is 61.8 Å². The molecule has 1 aliphatic heterocycles. The van der Waals surface area contributed by atoms with Crippen molar-refractivity contribution in [3.63, 3.8) is 0 Å². The van der Waals surface area contributed by atoms with Gasteiger partial charge in [-0.1, -0.05) is 24.3 Å². The molecule has 9 nitrogen and oxygen atoms in total. The SMILES string of the molecule is COc1cccc(CNC(=O)c2ccc(Cn3nc(C)c(S(=O)(=O)N4CCOCC4)c3C)cc2)c1. The number of aryl methyl sites for hydroxylation is 1. The molecule has 0 saturated carbocycles. The van der Waals surface area contributed by atoms with Gasteiger partial charge in [0, 0.05) is 25.2 Å². The fourth-order valence-corrected chi connectivity index (χ4v) is 5.91. The summed E-state index contributed by atoms with van der Waals surface area (Å²) in [5.41, 5.74) is 3.47. The first-order valence-electron chi connectivity index (χ1n) is 11.4.